The molecule has 0 saturated carbocycles. The smallest absolute Gasteiger partial charge is 0.413 e. The molecule has 6 aromatic carbocycles. The van der Waals surface area contributed by atoms with Crippen LogP contribution in [0, 0.1) is 13.8 Å². The van der Waals surface area contributed by atoms with Crippen LogP contribution in [0.5, 0.6) is 34.5 Å². The Hall–Kier alpha value is -4.48. The van der Waals surface area contributed by atoms with Gasteiger partial charge in [0, 0.05) is 34.6 Å². The van der Waals surface area contributed by atoms with E-state index in [0.717, 1.165) is 22.3 Å². The Morgan fingerprint density at radius 2 is 0.716 bits per heavy atom. The predicted octanol–water partition coefficient (Wildman–Crippen LogP) is 20.1. The van der Waals surface area contributed by atoms with Gasteiger partial charge in [-0.15, -0.1) is 0 Å². The van der Waals surface area contributed by atoms with Crippen LogP contribution in [0.1, 0.15) is 61.8 Å². The number of fused-ring (bicyclic) bond motifs is 6. The summed E-state index contributed by atoms with van der Waals surface area (Å²) in [5.41, 5.74) is 8.77. The Morgan fingerprint density at radius 3 is 1.01 bits per heavy atom. The normalized spacial score (nSPS) is 14.3. The van der Waals surface area contributed by atoms with Crippen molar-refractivity contribution in [2.24, 2.45) is 13.5 Å². The Labute approximate surface area is 465 Å². The molecule has 8 aromatic rings. The third kappa shape index (κ3) is 15.3. The summed E-state index contributed by atoms with van der Waals surface area (Å²) in [6.45, 7) is 13.1. The van der Waals surface area contributed by atoms with Crippen molar-refractivity contribution in [1.29, 1.82) is 0 Å². The van der Waals surface area contributed by atoms with Gasteiger partial charge in [0.2, 0.25) is 0 Å². The zero-order chi connectivity index (χ0) is 52.6. The summed E-state index contributed by atoms with van der Waals surface area (Å²) in [6, 6.07) is 55.0. The molecule has 2 aromatic heterocycles. The number of pyridine rings is 2. The Bertz CT molecular complexity index is 2930. The Balaban J connectivity index is 0.000000252. The summed E-state index contributed by atoms with van der Waals surface area (Å²) in [5.74, 6) is 4.07. The van der Waals surface area contributed by atoms with Crippen molar-refractivity contribution in [3.05, 3.63) is 217 Å². The maximum atomic E-state index is 6.84. The molecular weight excluding hydrogens is 1250 g/mol. The van der Waals surface area contributed by atoms with Crippen LogP contribution in [0.3, 0.4) is 0 Å². The number of halogens is 4. The number of aryl methyl sites for hydroxylation is 2. The van der Waals surface area contributed by atoms with E-state index in [1.165, 1.54) is 22.3 Å². The number of hydrogen-bond donors (Lipinski definition) is 0. The topological polar surface area (TPSA) is 118 Å². The molecule has 11 nitrogen and oxygen atoms in total. The summed E-state index contributed by atoms with van der Waals surface area (Å²) in [7, 11) is 7.80. The van der Waals surface area contributed by atoms with E-state index in [-0.39, 0.29) is 30.3 Å². The van der Waals surface area contributed by atoms with Gasteiger partial charge in [-0.1, -0.05) is 174 Å². The van der Waals surface area contributed by atoms with E-state index in [2.05, 4.69) is 100 Å². The van der Waals surface area contributed by atoms with E-state index in [0.29, 0.717) is 46.3 Å². The van der Waals surface area contributed by atoms with Crippen LogP contribution in [0.4, 0.5) is 0 Å². The molecule has 0 atom stereocenters. The fourth-order valence-corrected chi connectivity index (χ4v) is 16.4. The third-order valence-electron chi connectivity index (χ3n) is 10.9. The number of benzene rings is 6. The Kier molecular flexibility index (Phi) is 21.3. The molecule has 0 aliphatic carbocycles. The van der Waals surface area contributed by atoms with Gasteiger partial charge >= 0.3 is 92.0 Å². The maximum Gasteiger partial charge on any atom is 0.460 e. The van der Waals surface area contributed by atoms with Gasteiger partial charge < -0.3 is 27.1 Å². The maximum absolute atomic E-state index is 6.84. The largest absolute Gasteiger partial charge is 0.460 e. The zero-order valence-corrected chi connectivity index (χ0v) is 50.1. The zero-order valence-electron chi connectivity index (χ0n) is 40.9. The summed E-state index contributed by atoms with van der Waals surface area (Å²) >= 11 is -0.691. The van der Waals surface area contributed by atoms with Gasteiger partial charge in [0.05, 0.1) is 12.4 Å². The van der Waals surface area contributed by atoms with Crippen LogP contribution >= 0.6 is 61.7 Å². The molecule has 0 bridgehead atoms. The summed E-state index contributed by atoms with van der Waals surface area (Å²) in [4.78, 5) is 8.51. The van der Waals surface area contributed by atoms with Gasteiger partial charge in [0.15, 0.2) is 0 Å². The number of para-hydroxylation sites is 4. The quantitative estimate of drug-likeness (QED) is 0.119. The van der Waals surface area contributed by atoms with Crippen molar-refractivity contribution < 1.29 is 57.4 Å². The molecule has 0 amide bonds. The molecule has 0 fully saturated rings. The van der Waals surface area contributed by atoms with Crippen LogP contribution in [-0.2, 0) is 30.3 Å². The van der Waals surface area contributed by atoms with Crippen molar-refractivity contribution in [3.8, 4) is 56.8 Å². The van der Waals surface area contributed by atoms with Crippen molar-refractivity contribution in [2.75, 3.05) is 0 Å². The van der Waals surface area contributed by atoms with Crippen molar-refractivity contribution in [1.82, 2.24) is 9.97 Å². The minimum Gasteiger partial charge on any atom is -0.413 e. The molecule has 0 unspecified atom stereocenters. The molecule has 0 radical (unpaired) electrons. The van der Waals surface area contributed by atoms with Crippen LogP contribution in [0.2, 0.25) is 0 Å². The first-order valence-electron chi connectivity index (χ1n) is 22.9. The molecule has 11 rings (SSSR count). The van der Waals surface area contributed by atoms with E-state index < -0.39 is 23.0 Å². The van der Waals surface area contributed by atoms with Crippen LogP contribution in [-0.4, -0.2) is 9.97 Å². The summed E-state index contributed by atoms with van der Waals surface area (Å²) in [5, 5.41) is 0. The molecular formula is C54H52Cl4N5O6P3Ru2. The molecule has 2 spiro atoms. The Morgan fingerprint density at radius 1 is 0.405 bits per heavy atom. The summed E-state index contributed by atoms with van der Waals surface area (Å²) < 4.78 is 56.2. The van der Waals surface area contributed by atoms with Gasteiger partial charge in [-0.3, -0.25) is 9.97 Å². The first-order chi connectivity index (χ1) is 35.8. The van der Waals surface area contributed by atoms with E-state index >= 15 is 0 Å². The van der Waals surface area contributed by atoms with E-state index in [4.69, 9.17) is 79.5 Å². The molecule has 388 valence electrons. The van der Waals surface area contributed by atoms with E-state index in [1.807, 2.05) is 97.1 Å². The molecule has 3 aliphatic heterocycles. The molecule has 0 N–H and O–H groups in total. The number of aromatic nitrogens is 2. The van der Waals surface area contributed by atoms with Crippen molar-refractivity contribution >= 4 is 61.7 Å². The van der Waals surface area contributed by atoms with Gasteiger partial charge in [-0.2, -0.15) is 0 Å². The number of rotatable bonds is 6. The standard InChI is InChI=1S/C34H24N5O6P3.2C10H14.4ClH.2Ru/c1-5-17-31-27(13-1)28-14-2-6-18-32(28)43-47(42-31)37-46(40-25-11-9-21-35-23-25,41-26-12-10-22-36-24-26)38-48(39-47)44-33-19-7-3-15-29(33)30-16-4-8-20-34(30)45-48;2*1-8(2)10-6-4-9(3)5-7-10;;;;;;/h1-24H;2*4-8H,1-3H3;4*1H;;/q;;;;;;;2*+2/p-4. The molecule has 3 aliphatic rings. The summed E-state index contributed by atoms with van der Waals surface area (Å²) in [6.07, 6.45) is 6.40. The van der Waals surface area contributed by atoms with Crippen LogP contribution in [0.25, 0.3) is 22.3 Å². The first kappa shape index (κ1) is 57.2. The SMILES string of the molecule is Cc1ccc(C(C)C)cc1.Cc1ccc(C(C)C)cc1.[Cl][Ru][Cl].[Cl][Ru][Cl].c1cncc(OP2(Oc3cccnc3)=NP3(=NP4(=N2)Oc2ccccc2-c2ccccc2O4)Oc2ccccc2-c2ccccc2O3)c1. The fraction of sp³-hybridized carbons (Fsp3) is 0.148. The minimum atomic E-state index is -3.91. The van der Waals surface area contributed by atoms with Crippen LogP contribution < -0.4 is 27.1 Å². The van der Waals surface area contributed by atoms with E-state index in [1.54, 1.807) is 49.1 Å². The van der Waals surface area contributed by atoms with Crippen molar-refractivity contribution in [3.63, 3.8) is 0 Å². The van der Waals surface area contributed by atoms with E-state index in [9.17, 15) is 0 Å². The molecule has 20 heteroatoms. The van der Waals surface area contributed by atoms with Crippen LogP contribution in [0.15, 0.2) is 208 Å². The monoisotopic (exact) mass is 1300 g/mol. The number of nitrogens with zero attached hydrogens (tertiary/aromatic N) is 5. The number of hydrogen-bond acceptors (Lipinski definition) is 11. The second-order valence-electron chi connectivity index (χ2n) is 16.9. The molecule has 0 saturated heterocycles. The van der Waals surface area contributed by atoms with Gasteiger partial charge in [0.25, 0.3) is 0 Å². The average Bonchev–Trinajstić information content (AvgIpc) is 3.60. The second kappa shape index (κ2) is 27.5. The molecule has 5 heterocycles. The fourth-order valence-electron chi connectivity index (χ4n) is 7.32. The van der Waals surface area contributed by atoms with Crippen molar-refractivity contribution in [2.45, 2.75) is 53.4 Å². The third-order valence-corrected chi connectivity index (χ3v) is 18.9. The average molecular weight is 1300 g/mol. The van der Waals surface area contributed by atoms with Gasteiger partial charge in [-0.25, -0.2) is 0 Å². The minimum absolute atomic E-state index is 0.346. The second-order valence-corrected chi connectivity index (χ2v) is 28.3. The predicted molar refractivity (Wildman–Crippen MR) is 298 cm³/mol. The van der Waals surface area contributed by atoms with Gasteiger partial charge in [-0.05, 0) is 85.3 Å². The van der Waals surface area contributed by atoms with Gasteiger partial charge in [0.1, 0.15) is 34.5 Å². The first-order valence-corrected chi connectivity index (χ1v) is 36.5. The molecule has 74 heavy (non-hydrogen) atoms.